The minimum Gasteiger partial charge on any atom is -0.494 e. The Kier molecular flexibility index (Phi) is 5.44. The van der Waals surface area contributed by atoms with E-state index in [1.54, 1.807) is 16.8 Å². The lowest BCUT2D eigenvalue weighted by atomic mass is 10.1. The molecule has 6 nitrogen and oxygen atoms in total. The number of benzene rings is 2. The molecular formula is C22H19ClN4O2. The van der Waals surface area contributed by atoms with Gasteiger partial charge in [0, 0.05) is 23.3 Å². The number of amides is 1. The van der Waals surface area contributed by atoms with E-state index in [1.165, 1.54) is 6.20 Å². The molecule has 0 aliphatic heterocycles. The number of aromatic nitrogens is 3. The summed E-state index contributed by atoms with van der Waals surface area (Å²) in [6.07, 6.45) is 3.20. The molecule has 0 atom stereocenters. The highest BCUT2D eigenvalue weighted by Crippen LogP contribution is 2.24. The Hall–Kier alpha value is -3.38. The number of nitrogens with one attached hydrogen (secondary N) is 1. The monoisotopic (exact) mass is 406 g/mol. The van der Waals surface area contributed by atoms with Gasteiger partial charge in [0.1, 0.15) is 11.3 Å². The number of hydrogen-bond donors (Lipinski definition) is 1. The van der Waals surface area contributed by atoms with Crippen LogP contribution < -0.4 is 10.1 Å². The SMILES string of the molecule is CCOc1ccc(-c2ccnc3c(C(=O)NCc4ccccc4Cl)cnn23)cc1. The summed E-state index contributed by atoms with van der Waals surface area (Å²) in [6, 6.07) is 17.0. The Balaban J connectivity index is 1.60. The maximum absolute atomic E-state index is 12.7. The standard InChI is InChI=1S/C22H19ClN4O2/c1-2-29-17-9-7-15(8-10-17)20-11-12-24-21-18(14-26-27(20)21)22(28)25-13-16-5-3-4-6-19(16)23/h3-12,14H,2,13H2,1H3,(H,25,28). The quantitative estimate of drug-likeness (QED) is 0.516. The van der Waals surface area contributed by atoms with E-state index in [-0.39, 0.29) is 5.91 Å². The maximum atomic E-state index is 12.7. The second-order valence-electron chi connectivity index (χ2n) is 6.36. The molecule has 0 aliphatic carbocycles. The number of carbonyl (C=O) groups is 1. The highest BCUT2D eigenvalue weighted by atomic mass is 35.5. The fraction of sp³-hybridized carbons (Fsp3) is 0.136. The van der Waals surface area contributed by atoms with Gasteiger partial charge in [-0.2, -0.15) is 5.10 Å². The van der Waals surface area contributed by atoms with Gasteiger partial charge in [-0.15, -0.1) is 0 Å². The second kappa shape index (κ2) is 8.32. The van der Waals surface area contributed by atoms with Crippen molar-refractivity contribution in [1.82, 2.24) is 19.9 Å². The predicted molar refractivity (Wildman–Crippen MR) is 112 cm³/mol. The molecule has 1 amide bonds. The zero-order chi connectivity index (χ0) is 20.2. The number of rotatable bonds is 6. The molecule has 7 heteroatoms. The number of halogens is 1. The van der Waals surface area contributed by atoms with Crippen LogP contribution in [-0.2, 0) is 6.54 Å². The number of fused-ring (bicyclic) bond motifs is 1. The van der Waals surface area contributed by atoms with Crippen molar-refractivity contribution < 1.29 is 9.53 Å². The molecule has 1 N–H and O–H groups in total. The number of nitrogens with zero attached hydrogens (tertiary/aromatic N) is 3. The van der Waals surface area contributed by atoms with E-state index in [4.69, 9.17) is 16.3 Å². The van der Waals surface area contributed by atoms with E-state index in [2.05, 4.69) is 15.4 Å². The molecule has 0 fully saturated rings. The highest BCUT2D eigenvalue weighted by molar-refractivity contribution is 6.31. The van der Waals surface area contributed by atoms with E-state index < -0.39 is 0 Å². The summed E-state index contributed by atoms with van der Waals surface area (Å²) in [4.78, 5) is 17.1. The number of ether oxygens (including phenoxy) is 1. The topological polar surface area (TPSA) is 68.5 Å². The number of carbonyl (C=O) groups excluding carboxylic acids is 1. The van der Waals surface area contributed by atoms with Gasteiger partial charge < -0.3 is 10.1 Å². The molecule has 0 unspecified atom stereocenters. The van der Waals surface area contributed by atoms with Gasteiger partial charge in [-0.25, -0.2) is 9.50 Å². The van der Waals surface area contributed by atoms with E-state index in [1.807, 2.05) is 55.5 Å². The van der Waals surface area contributed by atoms with Gasteiger partial charge in [0.15, 0.2) is 5.65 Å². The van der Waals surface area contributed by atoms with Crippen molar-refractivity contribution in [3.8, 4) is 17.0 Å². The second-order valence-corrected chi connectivity index (χ2v) is 6.76. The van der Waals surface area contributed by atoms with Crippen LogP contribution in [0.4, 0.5) is 0 Å². The van der Waals surface area contributed by atoms with Gasteiger partial charge in [-0.05, 0) is 48.9 Å². The van der Waals surface area contributed by atoms with E-state index >= 15 is 0 Å². The van der Waals surface area contributed by atoms with Crippen molar-refractivity contribution in [2.24, 2.45) is 0 Å². The smallest absolute Gasteiger partial charge is 0.257 e. The lowest BCUT2D eigenvalue weighted by Gasteiger charge is -2.08. The third-order valence-electron chi connectivity index (χ3n) is 4.50. The fourth-order valence-electron chi connectivity index (χ4n) is 3.07. The molecule has 4 aromatic rings. The first-order valence-electron chi connectivity index (χ1n) is 9.25. The Morgan fingerprint density at radius 1 is 1.14 bits per heavy atom. The van der Waals surface area contributed by atoms with Crippen molar-refractivity contribution in [3.05, 3.63) is 83.1 Å². The van der Waals surface area contributed by atoms with Crippen molar-refractivity contribution in [2.45, 2.75) is 13.5 Å². The van der Waals surface area contributed by atoms with Crippen LogP contribution in [0.15, 0.2) is 67.0 Å². The summed E-state index contributed by atoms with van der Waals surface area (Å²) in [5.41, 5.74) is 3.54. The van der Waals surface area contributed by atoms with Crippen LogP contribution in [0.25, 0.3) is 16.9 Å². The van der Waals surface area contributed by atoms with Gasteiger partial charge in [0.2, 0.25) is 0 Å². The summed E-state index contributed by atoms with van der Waals surface area (Å²) in [7, 11) is 0. The van der Waals surface area contributed by atoms with Crippen molar-refractivity contribution in [1.29, 1.82) is 0 Å². The minimum absolute atomic E-state index is 0.253. The first kappa shape index (κ1) is 19.0. The summed E-state index contributed by atoms with van der Waals surface area (Å²) in [5.74, 6) is 0.554. The Labute approximate surface area is 173 Å². The molecule has 146 valence electrons. The van der Waals surface area contributed by atoms with Crippen LogP contribution in [0.5, 0.6) is 5.75 Å². The molecule has 0 saturated carbocycles. The molecule has 0 spiro atoms. The molecule has 2 heterocycles. The lowest BCUT2D eigenvalue weighted by molar-refractivity contribution is 0.0952. The summed E-state index contributed by atoms with van der Waals surface area (Å²) >= 11 is 6.16. The van der Waals surface area contributed by atoms with Crippen molar-refractivity contribution in [3.63, 3.8) is 0 Å². The molecule has 2 aromatic heterocycles. The third-order valence-corrected chi connectivity index (χ3v) is 4.87. The van der Waals surface area contributed by atoms with Crippen LogP contribution in [0.3, 0.4) is 0 Å². The van der Waals surface area contributed by atoms with E-state index in [0.717, 1.165) is 22.6 Å². The molecule has 2 aromatic carbocycles. The average Bonchev–Trinajstić information content (AvgIpc) is 3.18. The minimum atomic E-state index is -0.253. The Bertz CT molecular complexity index is 1160. The molecule has 4 rings (SSSR count). The molecule has 0 aliphatic rings. The molecule has 0 saturated heterocycles. The van der Waals surface area contributed by atoms with Gasteiger partial charge >= 0.3 is 0 Å². The summed E-state index contributed by atoms with van der Waals surface area (Å²) in [6.45, 7) is 2.89. The van der Waals surface area contributed by atoms with E-state index in [9.17, 15) is 4.79 Å². The van der Waals surface area contributed by atoms with Crippen LogP contribution in [-0.4, -0.2) is 27.1 Å². The Morgan fingerprint density at radius 2 is 1.93 bits per heavy atom. The molecule has 0 radical (unpaired) electrons. The van der Waals surface area contributed by atoms with Crippen LogP contribution in [0, 0.1) is 0 Å². The average molecular weight is 407 g/mol. The predicted octanol–water partition coefficient (Wildman–Crippen LogP) is 4.38. The first-order valence-corrected chi connectivity index (χ1v) is 9.62. The Morgan fingerprint density at radius 3 is 2.69 bits per heavy atom. The van der Waals surface area contributed by atoms with Crippen LogP contribution in [0.2, 0.25) is 5.02 Å². The summed E-state index contributed by atoms with van der Waals surface area (Å²) < 4.78 is 7.16. The largest absolute Gasteiger partial charge is 0.494 e. The van der Waals surface area contributed by atoms with E-state index in [0.29, 0.717) is 29.4 Å². The fourth-order valence-corrected chi connectivity index (χ4v) is 3.27. The highest BCUT2D eigenvalue weighted by Gasteiger charge is 2.16. The lowest BCUT2D eigenvalue weighted by Crippen LogP contribution is -2.23. The third kappa shape index (κ3) is 3.93. The maximum Gasteiger partial charge on any atom is 0.257 e. The van der Waals surface area contributed by atoms with Gasteiger partial charge in [-0.3, -0.25) is 4.79 Å². The zero-order valence-electron chi connectivity index (χ0n) is 15.8. The van der Waals surface area contributed by atoms with Gasteiger partial charge in [-0.1, -0.05) is 29.8 Å². The van der Waals surface area contributed by atoms with Crippen LogP contribution >= 0.6 is 11.6 Å². The molecule has 0 bridgehead atoms. The van der Waals surface area contributed by atoms with Crippen molar-refractivity contribution >= 4 is 23.2 Å². The molecular weight excluding hydrogens is 388 g/mol. The summed E-state index contributed by atoms with van der Waals surface area (Å²) in [5, 5.41) is 7.88. The van der Waals surface area contributed by atoms with Gasteiger partial charge in [0.05, 0.1) is 18.5 Å². The van der Waals surface area contributed by atoms with Gasteiger partial charge in [0.25, 0.3) is 5.91 Å². The normalized spacial score (nSPS) is 10.8. The van der Waals surface area contributed by atoms with Crippen LogP contribution in [0.1, 0.15) is 22.8 Å². The van der Waals surface area contributed by atoms with Crippen molar-refractivity contribution in [2.75, 3.05) is 6.61 Å². The first-order chi connectivity index (χ1) is 14.2. The molecule has 29 heavy (non-hydrogen) atoms. The number of hydrogen-bond acceptors (Lipinski definition) is 4. The zero-order valence-corrected chi connectivity index (χ0v) is 16.6.